The van der Waals surface area contributed by atoms with Gasteiger partial charge in [0.05, 0.1) is 0 Å². The molecular formula is C53H32N2O2. The fourth-order valence-electron chi connectivity index (χ4n) is 8.85. The fraction of sp³-hybridized carbons (Fsp3) is 0. The van der Waals surface area contributed by atoms with Crippen molar-refractivity contribution in [3.63, 3.8) is 0 Å². The summed E-state index contributed by atoms with van der Waals surface area (Å²) in [5.74, 6) is 0.578. The van der Waals surface area contributed by atoms with Gasteiger partial charge in [-0.15, -0.1) is 0 Å². The molecular weight excluding hydrogens is 697 g/mol. The largest absolute Gasteiger partial charge is 0.456 e. The minimum Gasteiger partial charge on any atom is -0.456 e. The van der Waals surface area contributed by atoms with Crippen molar-refractivity contribution < 1.29 is 8.83 Å². The van der Waals surface area contributed by atoms with Crippen LogP contribution in [-0.4, -0.2) is 4.98 Å². The molecule has 0 unspecified atom stereocenters. The standard InChI is InChI=1S/C53H32N2O2/c1-2-12-33(13-3-1)35-15-10-16-36(30-35)55(37-25-27-44-42-20-7-6-18-40(42)41-19-8-9-21-43(41)47(44)31-37)38-26-28-45-50(32-38)56-48-23-11-22-46(51(45)48)53-54-52-39-17-5-4-14-34(39)24-29-49(52)57-53/h1-32H. The summed E-state index contributed by atoms with van der Waals surface area (Å²) in [6.45, 7) is 0. The normalized spacial score (nSPS) is 11.9. The molecule has 12 aromatic rings. The highest BCUT2D eigenvalue weighted by molar-refractivity contribution is 6.26. The predicted molar refractivity (Wildman–Crippen MR) is 237 cm³/mol. The average Bonchev–Trinajstić information content (AvgIpc) is 3.89. The number of anilines is 3. The molecule has 2 heterocycles. The van der Waals surface area contributed by atoms with E-state index in [1.807, 2.05) is 30.3 Å². The van der Waals surface area contributed by atoms with Crippen LogP contribution in [0.3, 0.4) is 0 Å². The second kappa shape index (κ2) is 12.4. The Morgan fingerprint density at radius 1 is 0.351 bits per heavy atom. The molecule has 57 heavy (non-hydrogen) atoms. The lowest BCUT2D eigenvalue weighted by atomic mass is 9.94. The van der Waals surface area contributed by atoms with Crippen molar-refractivity contribution in [1.82, 2.24) is 4.98 Å². The number of hydrogen-bond acceptors (Lipinski definition) is 4. The Bertz CT molecular complexity index is 3510. The van der Waals surface area contributed by atoms with Crippen LogP contribution in [0.15, 0.2) is 203 Å². The quantitative estimate of drug-likeness (QED) is 0.166. The maximum Gasteiger partial charge on any atom is 0.228 e. The number of hydrogen-bond donors (Lipinski definition) is 0. The third-order valence-corrected chi connectivity index (χ3v) is 11.5. The molecule has 266 valence electrons. The summed E-state index contributed by atoms with van der Waals surface area (Å²) in [5, 5.41) is 11.7. The Labute approximate surface area is 327 Å². The second-order valence-electron chi connectivity index (χ2n) is 14.7. The van der Waals surface area contributed by atoms with Crippen LogP contribution in [0.25, 0.3) is 98.7 Å². The third kappa shape index (κ3) is 4.98. The maximum atomic E-state index is 6.69. The van der Waals surface area contributed by atoms with Crippen molar-refractivity contribution in [1.29, 1.82) is 0 Å². The zero-order valence-corrected chi connectivity index (χ0v) is 30.7. The fourth-order valence-corrected chi connectivity index (χ4v) is 8.85. The van der Waals surface area contributed by atoms with Gasteiger partial charge in [0.1, 0.15) is 16.7 Å². The zero-order chi connectivity index (χ0) is 37.5. The number of benzene rings is 10. The number of oxazole rings is 1. The summed E-state index contributed by atoms with van der Waals surface area (Å²) in [4.78, 5) is 7.40. The van der Waals surface area contributed by atoms with E-state index >= 15 is 0 Å². The highest BCUT2D eigenvalue weighted by atomic mass is 16.3. The molecule has 0 radical (unpaired) electrons. The van der Waals surface area contributed by atoms with Crippen LogP contribution >= 0.6 is 0 Å². The Kier molecular flexibility index (Phi) is 6.89. The maximum absolute atomic E-state index is 6.69. The van der Waals surface area contributed by atoms with Gasteiger partial charge < -0.3 is 13.7 Å². The second-order valence-corrected chi connectivity index (χ2v) is 14.7. The van der Waals surface area contributed by atoms with E-state index in [1.54, 1.807) is 0 Å². The van der Waals surface area contributed by atoms with Crippen LogP contribution in [-0.2, 0) is 0 Å². The van der Waals surface area contributed by atoms with Crippen LogP contribution in [0, 0.1) is 0 Å². The minimum absolute atomic E-state index is 0.578. The SMILES string of the molecule is c1ccc(-c2cccc(N(c3ccc4c(c3)oc3cccc(-c5nc6c(ccc7ccccc76)o5)c34)c3ccc4c5ccccc5c5ccccc5c4c3)c2)cc1. The summed E-state index contributed by atoms with van der Waals surface area (Å²) >= 11 is 0. The number of nitrogens with zero attached hydrogens (tertiary/aromatic N) is 2. The topological polar surface area (TPSA) is 42.4 Å². The highest BCUT2D eigenvalue weighted by Gasteiger charge is 2.21. The summed E-state index contributed by atoms with van der Waals surface area (Å²) < 4.78 is 13.1. The number of furan rings is 1. The average molecular weight is 729 g/mol. The Morgan fingerprint density at radius 2 is 0.965 bits per heavy atom. The molecule has 0 saturated heterocycles. The molecule has 0 aliphatic heterocycles. The van der Waals surface area contributed by atoms with Crippen LogP contribution in [0.4, 0.5) is 17.1 Å². The molecule has 12 rings (SSSR count). The lowest BCUT2D eigenvalue weighted by Gasteiger charge is -2.26. The van der Waals surface area contributed by atoms with Crippen LogP contribution in [0.2, 0.25) is 0 Å². The van der Waals surface area contributed by atoms with Crippen molar-refractivity contribution in [2.45, 2.75) is 0 Å². The lowest BCUT2D eigenvalue weighted by molar-refractivity contribution is 0.620. The van der Waals surface area contributed by atoms with Gasteiger partial charge in [0.15, 0.2) is 5.58 Å². The molecule has 0 spiro atoms. The van der Waals surface area contributed by atoms with Gasteiger partial charge in [0.25, 0.3) is 0 Å². The van der Waals surface area contributed by atoms with E-state index in [1.165, 1.54) is 37.9 Å². The van der Waals surface area contributed by atoms with Crippen molar-refractivity contribution in [2.24, 2.45) is 0 Å². The van der Waals surface area contributed by atoms with Crippen LogP contribution in [0.5, 0.6) is 0 Å². The first-order valence-electron chi connectivity index (χ1n) is 19.3. The van der Waals surface area contributed by atoms with E-state index in [2.05, 4.69) is 169 Å². The summed E-state index contributed by atoms with van der Waals surface area (Å²) in [6, 6.07) is 68.7. The van der Waals surface area contributed by atoms with Gasteiger partial charge >= 0.3 is 0 Å². The molecule has 0 atom stereocenters. The molecule has 4 heteroatoms. The minimum atomic E-state index is 0.578. The van der Waals surface area contributed by atoms with Crippen molar-refractivity contribution in [3.05, 3.63) is 194 Å². The van der Waals surface area contributed by atoms with E-state index in [0.29, 0.717) is 5.89 Å². The Hall–Kier alpha value is -7.69. The summed E-state index contributed by atoms with van der Waals surface area (Å²) in [7, 11) is 0. The van der Waals surface area contributed by atoms with Crippen LogP contribution < -0.4 is 4.90 Å². The first-order chi connectivity index (χ1) is 28.2. The van der Waals surface area contributed by atoms with E-state index in [-0.39, 0.29) is 0 Å². The first kappa shape index (κ1) is 31.6. The Morgan fingerprint density at radius 3 is 1.75 bits per heavy atom. The lowest BCUT2D eigenvalue weighted by Crippen LogP contribution is -2.10. The van der Waals surface area contributed by atoms with Gasteiger partial charge in [-0.1, -0.05) is 133 Å². The van der Waals surface area contributed by atoms with Crippen molar-refractivity contribution >= 4 is 93.2 Å². The van der Waals surface area contributed by atoms with E-state index in [9.17, 15) is 0 Å². The van der Waals surface area contributed by atoms with E-state index in [4.69, 9.17) is 13.8 Å². The summed E-state index contributed by atoms with van der Waals surface area (Å²) in [6.07, 6.45) is 0. The van der Waals surface area contributed by atoms with Gasteiger partial charge in [0, 0.05) is 44.9 Å². The van der Waals surface area contributed by atoms with Crippen LogP contribution in [0.1, 0.15) is 0 Å². The molecule has 0 aliphatic rings. The first-order valence-corrected chi connectivity index (χ1v) is 19.3. The zero-order valence-electron chi connectivity index (χ0n) is 30.7. The molecule has 10 aromatic carbocycles. The highest BCUT2D eigenvalue weighted by Crippen LogP contribution is 2.44. The molecule has 0 saturated carbocycles. The van der Waals surface area contributed by atoms with Crippen molar-refractivity contribution in [3.8, 4) is 22.6 Å². The van der Waals surface area contributed by atoms with E-state index in [0.717, 1.165) is 72.0 Å². The van der Waals surface area contributed by atoms with Gasteiger partial charge in [0.2, 0.25) is 5.89 Å². The number of aromatic nitrogens is 1. The predicted octanol–water partition coefficient (Wildman–Crippen LogP) is 15.1. The molecule has 0 bridgehead atoms. The molecule has 0 aliphatic carbocycles. The molecule has 0 fully saturated rings. The third-order valence-electron chi connectivity index (χ3n) is 11.5. The number of fused-ring (bicyclic) bond motifs is 12. The summed E-state index contributed by atoms with van der Waals surface area (Å²) in [5.41, 5.74) is 9.52. The molecule has 2 aromatic heterocycles. The van der Waals surface area contributed by atoms with E-state index < -0.39 is 0 Å². The van der Waals surface area contributed by atoms with Gasteiger partial charge in [-0.3, -0.25) is 0 Å². The van der Waals surface area contributed by atoms with Gasteiger partial charge in [-0.05, 0) is 103 Å². The van der Waals surface area contributed by atoms with Gasteiger partial charge in [-0.25, -0.2) is 4.98 Å². The molecule has 0 amide bonds. The molecule has 4 nitrogen and oxygen atoms in total. The number of rotatable bonds is 5. The van der Waals surface area contributed by atoms with Crippen molar-refractivity contribution in [2.75, 3.05) is 4.90 Å². The monoisotopic (exact) mass is 728 g/mol. The molecule has 0 N–H and O–H groups in total. The smallest absolute Gasteiger partial charge is 0.228 e. The van der Waals surface area contributed by atoms with Gasteiger partial charge in [-0.2, -0.15) is 0 Å². The Balaban J connectivity index is 1.06.